The van der Waals surface area contributed by atoms with Gasteiger partial charge in [0.05, 0.1) is 11.8 Å². The predicted octanol–water partition coefficient (Wildman–Crippen LogP) is 0.663. The van der Waals surface area contributed by atoms with E-state index in [2.05, 4.69) is 5.32 Å². The van der Waals surface area contributed by atoms with E-state index >= 15 is 0 Å². The van der Waals surface area contributed by atoms with Crippen molar-refractivity contribution in [1.29, 1.82) is 0 Å². The molecule has 2 unspecified atom stereocenters. The van der Waals surface area contributed by atoms with Gasteiger partial charge in [-0.05, 0) is 13.8 Å². The molecule has 0 heterocycles. The maximum atomic E-state index is 12.0. The molecule has 0 amide bonds. The third-order valence-electron chi connectivity index (χ3n) is 1.48. The van der Waals surface area contributed by atoms with Crippen molar-refractivity contribution in [3.63, 3.8) is 0 Å². The molecule has 0 rings (SSSR count). The van der Waals surface area contributed by atoms with Crippen LogP contribution < -0.4 is 5.32 Å². The van der Waals surface area contributed by atoms with Crippen LogP contribution in [0.1, 0.15) is 13.8 Å². The van der Waals surface area contributed by atoms with Crippen LogP contribution >= 0.6 is 0 Å². The highest BCUT2D eigenvalue weighted by Gasteiger charge is 2.18. The van der Waals surface area contributed by atoms with Gasteiger partial charge in [-0.3, -0.25) is 0 Å². The molecule has 0 fully saturated rings. The molecule has 2 atom stereocenters. The Bertz CT molecular complexity index is 241. The van der Waals surface area contributed by atoms with Crippen molar-refractivity contribution in [2.45, 2.75) is 32.4 Å². The molecule has 3 nitrogen and oxygen atoms in total. The summed E-state index contributed by atoms with van der Waals surface area (Å²) < 4.78 is 45.6. The van der Waals surface area contributed by atoms with Crippen LogP contribution in [0.3, 0.4) is 0 Å². The summed E-state index contributed by atoms with van der Waals surface area (Å²) in [7, 11) is -3.10. The maximum absolute atomic E-state index is 12.0. The second kappa shape index (κ2) is 4.85. The minimum absolute atomic E-state index is 0.121. The van der Waals surface area contributed by atoms with Crippen molar-refractivity contribution < 1.29 is 17.2 Å². The Morgan fingerprint density at radius 2 is 1.77 bits per heavy atom. The molecule has 0 saturated heterocycles. The Morgan fingerprint density at radius 3 is 2.08 bits per heavy atom. The van der Waals surface area contributed by atoms with Gasteiger partial charge >= 0.3 is 0 Å². The average molecular weight is 215 g/mol. The first kappa shape index (κ1) is 12.8. The molecule has 0 aliphatic rings. The van der Waals surface area contributed by atoms with E-state index in [0.29, 0.717) is 0 Å². The summed E-state index contributed by atoms with van der Waals surface area (Å²) in [4.78, 5) is 0. The molecule has 0 aromatic heterocycles. The summed E-state index contributed by atoms with van der Waals surface area (Å²) >= 11 is 0. The highest BCUT2D eigenvalue weighted by atomic mass is 32.2. The molecular weight excluding hydrogens is 200 g/mol. The molecule has 13 heavy (non-hydrogen) atoms. The van der Waals surface area contributed by atoms with Crippen LogP contribution in [0.4, 0.5) is 8.78 Å². The van der Waals surface area contributed by atoms with E-state index in [1.807, 2.05) is 0 Å². The second-order valence-corrected chi connectivity index (χ2v) is 5.47. The monoisotopic (exact) mass is 215 g/mol. The van der Waals surface area contributed by atoms with Gasteiger partial charge in [0.2, 0.25) is 0 Å². The summed E-state index contributed by atoms with van der Waals surface area (Å²) in [6.45, 7) is 2.89. The topological polar surface area (TPSA) is 46.2 Å². The molecule has 0 aliphatic heterocycles. The smallest absolute Gasteiger partial charge is 0.253 e. The fourth-order valence-electron chi connectivity index (χ4n) is 1.02. The number of hydrogen-bond acceptors (Lipinski definition) is 3. The summed E-state index contributed by atoms with van der Waals surface area (Å²) in [6, 6.07) is -1.42. The Morgan fingerprint density at radius 1 is 1.31 bits per heavy atom. The molecule has 0 aliphatic carbocycles. The minimum atomic E-state index is -3.10. The van der Waals surface area contributed by atoms with E-state index in [1.54, 1.807) is 6.92 Å². The molecule has 0 aromatic rings. The van der Waals surface area contributed by atoms with Crippen LogP contribution in [0.2, 0.25) is 0 Å². The summed E-state index contributed by atoms with van der Waals surface area (Å²) in [6.07, 6.45) is -1.39. The standard InChI is InChI=1S/C7H15F2NO2S/c1-5(4-13(3,11)12)10-6(2)7(8)9/h5-7,10H,4H2,1-3H3. The largest absolute Gasteiger partial charge is 0.306 e. The number of halogens is 2. The lowest BCUT2D eigenvalue weighted by atomic mass is 10.3. The molecule has 0 spiro atoms. The van der Waals surface area contributed by atoms with Crippen LogP contribution in [0.15, 0.2) is 0 Å². The van der Waals surface area contributed by atoms with Gasteiger partial charge < -0.3 is 5.32 Å². The third kappa shape index (κ3) is 6.89. The summed E-state index contributed by atoms with van der Waals surface area (Å²) in [5, 5.41) is 2.51. The molecule has 0 aromatic carbocycles. The first-order chi connectivity index (χ1) is 5.72. The van der Waals surface area contributed by atoms with E-state index < -0.39 is 28.3 Å². The van der Waals surface area contributed by atoms with E-state index in [9.17, 15) is 17.2 Å². The fraction of sp³-hybridized carbons (Fsp3) is 1.00. The van der Waals surface area contributed by atoms with Crippen LogP contribution in [0.25, 0.3) is 0 Å². The van der Waals surface area contributed by atoms with Gasteiger partial charge in [0, 0.05) is 12.3 Å². The zero-order valence-corrected chi connectivity index (χ0v) is 8.74. The number of nitrogens with one attached hydrogen (secondary N) is 1. The number of alkyl halides is 2. The van der Waals surface area contributed by atoms with E-state index in [4.69, 9.17) is 0 Å². The molecule has 0 bridgehead atoms. The van der Waals surface area contributed by atoms with Gasteiger partial charge in [-0.2, -0.15) is 0 Å². The molecule has 0 saturated carbocycles. The van der Waals surface area contributed by atoms with Gasteiger partial charge in [0.15, 0.2) is 0 Å². The SMILES string of the molecule is CC(CS(C)(=O)=O)NC(C)C(F)F. The normalized spacial score (nSPS) is 17.4. The van der Waals surface area contributed by atoms with E-state index in [1.165, 1.54) is 6.92 Å². The Hall–Kier alpha value is -0.230. The van der Waals surface area contributed by atoms with Crippen LogP contribution in [-0.4, -0.2) is 38.9 Å². The van der Waals surface area contributed by atoms with Crippen molar-refractivity contribution in [2.75, 3.05) is 12.0 Å². The number of hydrogen-bond donors (Lipinski definition) is 1. The molecular formula is C7H15F2NO2S. The second-order valence-electron chi connectivity index (χ2n) is 3.28. The van der Waals surface area contributed by atoms with Gasteiger partial charge in [-0.15, -0.1) is 0 Å². The highest BCUT2D eigenvalue weighted by Crippen LogP contribution is 2.01. The minimum Gasteiger partial charge on any atom is -0.306 e. The van der Waals surface area contributed by atoms with Crippen molar-refractivity contribution in [1.82, 2.24) is 5.32 Å². The summed E-state index contributed by atoms with van der Waals surface area (Å²) in [5.74, 6) is -0.121. The van der Waals surface area contributed by atoms with Crippen LogP contribution in [0, 0.1) is 0 Å². The maximum Gasteiger partial charge on any atom is 0.253 e. The first-order valence-corrected chi connectivity index (χ1v) is 6.00. The number of rotatable bonds is 5. The zero-order chi connectivity index (χ0) is 10.6. The highest BCUT2D eigenvalue weighted by molar-refractivity contribution is 7.90. The molecule has 0 radical (unpaired) electrons. The first-order valence-electron chi connectivity index (χ1n) is 3.94. The van der Waals surface area contributed by atoms with Crippen LogP contribution in [-0.2, 0) is 9.84 Å². The lowest BCUT2D eigenvalue weighted by molar-refractivity contribution is 0.102. The van der Waals surface area contributed by atoms with Gasteiger partial charge in [-0.1, -0.05) is 0 Å². The lowest BCUT2D eigenvalue weighted by Gasteiger charge is -2.18. The van der Waals surface area contributed by atoms with Gasteiger partial charge in [-0.25, -0.2) is 17.2 Å². The van der Waals surface area contributed by atoms with E-state index in [-0.39, 0.29) is 5.75 Å². The molecule has 6 heteroatoms. The number of sulfone groups is 1. The molecule has 80 valence electrons. The predicted molar refractivity (Wildman–Crippen MR) is 47.8 cm³/mol. The lowest BCUT2D eigenvalue weighted by Crippen LogP contribution is -2.42. The summed E-state index contributed by atoms with van der Waals surface area (Å²) in [5.41, 5.74) is 0. The zero-order valence-electron chi connectivity index (χ0n) is 7.92. The quantitative estimate of drug-likeness (QED) is 0.733. The average Bonchev–Trinajstić information content (AvgIpc) is 1.81. The van der Waals surface area contributed by atoms with Crippen LogP contribution in [0.5, 0.6) is 0 Å². The fourth-order valence-corrected chi connectivity index (χ4v) is 2.03. The van der Waals surface area contributed by atoms with E-state index in [0.717, 1.165) is 6.26 Å². The van der Waals surface area contributed by atoms with Crippen molar-refractivity contribution in [2.24, 2.45) is 0 Å². The third-order valence-corrected chi connectivity index (χ3v) is 2.58. The van der Waals surface area contributed by atoms with Gasteiger partial charge in [0.1, 0.15) is 9.84 Å². The van der Waals surface area contributed by atoms with Crippen molar-refractivity contribution in [3.05, 3.63) is 0 Å². The van der Waals surface area contributed by atoms with Crippen molar-refractivity contribution >= 4 is 9.84 Å². The molecule has 1 N–H and O–H groups in total. The Balaban J connectivity index is 3.95. The van der Waals surface area contributed by atoms with Crippen molar-refractivity contribution in [3.8, 4) is 0 Å². The van der Waals surface area contributed by atoms with Gasteiger partial charge in [0.25, 0.3) is 6.43 Å². The Labute approximate surface area is 77.4 Å². The Kier molecular flexibility index (Phi) is 4.77.